The number of hydrogen-bond donors (Lipinski definition) is 1. The van der Waals surface area contributed by atoms with Crippen molar-refractivity contribution < 1.29 is 13.7 Å². The summed E-state index contributed by atoms with van der Waals surface area (Å²) in [5.41, 5.74) is 5.89. The van der Waals surface area contributed by atoms with Crippen molar-refractivity contribution in [2.24, 2.45) is 0 Å². The van der Waals surface area contributed by atoms with Crippen LogP contribution < -0.4 is 5.73 Å². The zero-order chi connectivity index (χ0) is 14.0. The Kier molecular flexibility index (Phi) is 3.53. The minimum absolute atomic E-state index is 0.254. The van der Waals surface area contributed by atoms with E-state index in [4.69, 9.17) is 15.0 Å². The molecule has 0 radical (unpaired) electrons. The van der Waals surface area contributed by atoms with Crippen molar-refractivity contribution in [3.05, 3.63) is 29.8 Å². The summed E-state index contributed by atoms with van der Waals surface area (Å²) in [5.74, 6) is 0.289. The maximum Gasteiger partial charge on any atom is 0.260 e. The van der Waals surface area contributed by atoms with Gasteiger partial charge in [-0.15, -0.1) is 0 Å². The van der Waals surface area contributed by atoms with E-state index in [0.29, 0.717) is 17.8 Å². The number of anilines is 1. The van der Waals surface area contributed by atoms with Gasteiger partial charge in [0.25, 0.3) is 5.89 Å². The summed E-state index contributed by atoms with van der Waals surface area (Å²) in [5, 5.41) is 3.91. The largest absolute Gasteiger partial charge is 0.398 e. The number of benzene rings is 1. The maximum absolute atomic E-state index is 13.0. The Hall–Kier alpha value is -1.95. The zero-order valence-corrected chi connectivity index (χ0v) is 11.1. The lowest BCUT2D eigenvalue weighted by Gasteiger charge is -2.21. The molecule has 1 aromatic heterocycles. The zero-order valence-electron chi connectivity index (χ0n) is 11.1. The molecule has 19 heavy (non-hydrogen) atoms. The standard InChI is InChI=1S/C13H16FN3O2/c1-4-13(2,18-3)12-16-11(19-17-12)9-6-5-8(14)7-10(9)15/h5-7H,4,15H2,1-3H3. The molecule has 6 heteroatoms. The first kappa shape index (κ1) is 13.5. The van der Waals surface area contributed by atoms with Gasteiger partial charge in [-0.3, -0.25) is 0 Å². The molecule has 0 fully saturated rings. The third kappa shape index (κ3) is 2.44. The highest BCUT2D eigenvalue weighted by Crippen LogP contribution is 2.30. The topological polar surface area (TPSA) is 74.2 Å². The van der Waals surface area contributed by atoms with Gasteiger partial charge in [-0.05, 0) is 31.5 Å². The molecule has 0 spiro atoms. The first-order chi connectivity index (χ1) is 9.00. The number of ether oxygens (including phenoxy) is 1. The van der Waals surface area contributed by atoms with Crippen LogP contribution in [0.25, 0.3) is 11.5 Å². The molecule has 0 saturated carbocycles. The fourth-order valence-corrected chi connectivity index (χ4v) is 1.67. The van der Waals surface area contributed by atoms with Crippen molar-refractivity contribution in [2.75, 3.05) is 12.8 Å². The van der Waals surface area contributed by atoms with Crippen LogP contribution in [-0.4, -0.2) is 17.3 Å². The molecular weight excluding hydrogens is 249 g/mol. The van der Waals surface area contributed by atoms with Gasteiger partial charge in [0.2, 0.25) is 5.82 Å². The fraction of sp³-hybridized carbons (Fsp3) is 0.385. The van der Waals surface area contributed by atoms with E-state index in [0.717, 1.165) is 0 Å². The SMILES string of the molecule is CCC(C)(OC)c1noc(-c2ccc(F)cc2N)n1. The number of nitrogens with zero attached hydrogens (tertiary/aromatic N) is 2. The van der Waals surface area contributed by atoms with E-state index in [2.05, 4.69) is 10.1 Å². The number of hydrogen-bond acceptors (Lipinski definition) is 5. The maximum atomic E-state index is 13.0. The van der Waals surface area contributed by atoms with Crippen molar-refractivity contribution in [1.29, 1.82) is 0 Å². The van der Waals surface area contributed by atoms with E-state index in [1.807, 2.05) is 13.8 Å². The van der Waals surface area contributed by atoms with Crippen molar-refractivity contribution >= 4 is 5.69 Å². The number of halogens is 1. The van der Waals surface area contributed by atoms with Crippen LogP contribution in [-0.2, 0) is 10.3 Å². The highest BCUT2D eigenvalue weighted by Gasteiger charge is 2.30. The van der Waals surface area contributed by atoms with E-state index >= 15 is 0 Å². The molecule has 1 atom stereocenters. The predicted octanol–water partition coefficient (Wildman–Crippen LogP) is 2.73. The van der Waals surface area contributed by atoms with Crippen LogP contribution in [0.3, 0.4) is 0 Å². The molecule has 102 valence electrons. The molecule has 1 heterocycles. The number of rotatable bonds is 4. The lowest BCUT2D eigenvalue weighted by molar-refractivity contribution is -0.0106. The van der Waals surface area contributed by atoms with Crippen LogP contribution in [0.1, 0.15) is 26.1 Å². The van der Waals surface area contributed by atoms with Gasteiger partial charge in [0.05, 0.1) is 5.56 Å². The molecule has 5 nitrogen and oxygen atoms in total. The molecule has 2 N–H and O–H groups in total. The summed E-state index contributed by atoms with van der Waals surface area (Å²) < 4.78 is 23.6. The summed E-state index contributed by atoms with van der Waals surface area (Å²) in [4.78, 5) is 4.28. The van der Waals surface area contributed by atoms with Gasteiger partial charge in [-0.25, -0.2) is 4.39 Å². The Labute approximate surface area is 110 Å². The van der Waals surface area contributed by atoms with Crippen molar-refractivity contribution in [1.82, 2.24) is 10.1 Å². The van der Waals surface area contributed by atoms with Crippen LogP contribution in [0.4, 0.5) is 10.1 Å². The molecule has 0 aliphatic carbocycles. The Morgan fingerprint density at radius 1 is 1.47 bits per heavy atom. The number of aromatic nitrogens is 2. The van der Waals surface area contributed by atoms with Crippen LogP contribution in [0.2, 0.25) is 0 Å². The molecule has 0 aliphatic heterocycles. The van der Waals surface area contributed by atoms with Crippen molar-refractivity contribution in [3.63, 3.8) is 0 Å². The van der Waals surface area contributed by atoms with E-state index in [1.165, 1.54) is 18.2 Å². The van der Waals surface area contributed by atoms with Crippen LogP contribution in [0.5, 0.6) is 0 Å². The quantitative estimate of drug-likeness (QED) is 0.860. The van der Waals surface area contributed by atoms with Gasteiger partial charge in [-0.2, -0.15) is 4.98 Å². The normalized spacial score (nSPS) is 14.3. The first-order valence-corrected chi connectivity index (χ1v) is 5.95. The minimum Gasteiger partial charge on any atom is -0.398 e. The van der Waals surface area contributed by atoms with E-state index in [-0.39, 0.29) is 11.6 Å². The second-order valence-corrected chi connectivity index (χ2v) is 4.44. The average Bonchev–Trinajstić information content (AvgIpc) is 2.88. The lowest BCUT2D eigenvalue weighted by Crippen LogP contribution is -2.24. The van der Waals surface area contributed by atoms with Gasteiger partial charge in [-0.1, -0.05) is 12.1 Å². The average molecular weight is 265 g/mol. The summed E-state index contributed by atoms with van der Waals surface area (Å²) in [6.45, 7) is 3.83. The Morgan fingerprint density at radius 3 is 2.79 bits per heavy atom. The van der Waals surface area contributed by atoms with Crippen LogP contribution in [0.15, 0.2) is 22.7 Å². The first-order valence-electron chi connectivity index (χ1n) is 5.95. The molecule has 1 aromatic carbocycles. The van der Waals surface area contributed by atoms with Crippen LogP contribution >= 0.6 is 0 Å². The Balaban J connectivity index is 2.41. The van der Waals surface area contributed by atoms with Crippen molar-refractivity contribution in [2.45, 2.75) is 25.9 Å². The highest BCUT2D eigenvalue weighted by molar-refractivity contribution is 5.70. The summed E-state index contributed by atoms with van der Waals surface area (Å²) in [6.07, 6.45) is 0.696. The summed E-state index contributed by atoms with van der Waals surface area (Å²) in [6, 6.07) is 4.03. The number of nitrogen functional groups attached to an aromatic ring is 1. The smallest absolute Gasteiger partial charge is 0.260 e. The van der Waals surface area contributed by atoms with Gasteiger partial charge in [0.15, 0.2) is 0 Å². The molecule has 0 amide bonds. The summed E-state index contributed by atoms with van der Waals surface area (Å²) in [7, 11) is 1.59. The molecule has 2 aromatic rings. The predicted molar refractivity (Wildman–Crippen MR) is 68.8 cm³/mol. The van der Waals surface area contributed by atoms with Crippen molar-refractivity contribution in [3.8, 4) is 11.5 Å². The van der Waals surface area contributed by atoms with Gasteiger partial charge in [0, 0.05) is 12.8 Å². The van der Waals surface area contributed by atoms with E-state index in [1.54, 1.807) is 7.11 Å². The van der Waals surface area contributed by atoms with E-state index in [9.17, 15) is 4.39 Å². The molecule has 0 bridgehead atoms. The highest BCUT2D eigenvalue weighted by atomic mass is 19.1. The third-order valence-electron chi connectivity index (χ3n) is 3.27. The summed E-state index contributed by atoms with van der Waals surface area (Å²) >= 11 is 0. The fourth-order valence-electron chi connectivity index (χ4n) is 1.67. The van der Waals surface area contributed by atoms with E-state index < -0.39 is 11.4 Å². The molecule has 0 aliphatic rings. The van der Waals surface area contributed by atoms with Gasteiger partial charge < -0.3 is 15.0 Å². The Morgan fingerprint density at radius 2 is 2.21 bits per heavy atom. The lowest BCUT2D eigenvalue weighted by atomic mass is 10.0. The molecular formula is C13H16FN3O2. The number of nitrogens with two attached hydrogens (primary N) is 1. The molecule has 1 unspecified atom stereocenters. The minimum atomic E-state index is -0.615. The van der Waals surface area contributed by atoms with Gasteiger partial charge >= 0.3 is 0 Å². The second-order valence-electron chi connectivity index (χ2n) is 4.44. The molecule has 2 rings (SSSR count). The van der Waals surface area contributed by atoms with Crippen LogP contribution in [0, 0.1) is 5.82 Å². The van der Waals surface area contributed by atoms with Gasteiger partial charge in [0.1, 0.15) is 11.4 Å². The third-order valence-corrected chi connectivity index (χ3v) is 3.27. The number of methoxy groups -OCH3 is 1. The monoisotopic (exact) mass is 265 g/mol. The molecule has 0 saturated heterocycles. The Bertz CT molecular complexity index is 579. The second kappa shape index (κ2) is 4.97.